The maximum Gasteiger partial charge on any atom is 0.151 e. The minimum Gasteiger partial charge on any atom is -0.496 e. The predicted molar refractivity (Wildman–Crippen MR) is 140 cm³/mol. The average molecular weight is 497 g/mol. The maximum absolute atomic E-state index is 6.56. The molecule has 3 aromatic rings. The highest BCUT2D eigenvalue weighted by Gasteiger charge is 2.39. The van der Waals surface area contributed by atoms with Crippen LogP contribution in [-0.2, 0) is 17.9 Å². The monoisotopic (exact) mass is 496 g/mol. The summed E-state index contributed by atoms with van der Waals surface area (Å²) >= 11 is 1.86. The number of nitrogens with two attached hydrogens (primary N) is 1. The Morgan fingerprint density at radius 2 is 2.06 bits per heavy atom. The number of aryl methyl sites for hydroxylation is 1. The lowest BCUT2D eigenvalue weighted by Gasteiger charge is -2.27. The molecule has 9 heteroatoms. The van der Waals surface area contributed by atoms with E-state index < -0.39 is 0 Å². The van der Waals surface area contributed by atoms with Crippen molar-refractivity contribution in [3.8, 4) is 5.75 Å². The largest absolute Gasteiger partial charge is 0.496 e. The number of rotatable bonds is 8. The van der Waals surface area contributed by atoms with E-state index in [0.29, 0.717) is 12.4 Å². The lowest BCUT2D eigenvalue weighted by Crippen LogP contribution is -2.43. The number of thioether (sulfide) groups is 1. The fourth-order valence-corrected chi connectivity index (χ4v) is 6.98. The second kappa shape index (κ2) is 10.3. The summed E-state index contributed by atoms with van der Waals surface area (Å²) in [4.78, 5) is 8.11. The minimum absolute atomic E-state index is 0.168. The molecule has 5 rings (SSSR count). The molecule has 2 atom stereocenters. The Labute approximate surface area is 211 Å². The molecule has 4 heterocycles. The lowest BCUT2D eigenvalue weighted by molar-refractivity contribution is 0.119. The second-order valence-corrected chi connectivity index (χ2v) is 10.7. The molecule has 1 saturated heterocycles. The Morgan fingerprint density at radius 1 is 1.26 bits per heavy atom. The molecule has 0 saturated carbocycles. The Bertz CT molecular complexity index is 1210. The van der Waals surface area contributed by atoms with Crippen molar-refractivity contribution in [2.24, 2.45) is 0 Å². The zero-order valence-corrected chi connectivity index (χ0v) is 22.0. The molecule has 188 valence electrons. The highest BCUT2D eigenvalue weighted by molar-refractivity contribution is 8.00. The molecule has 8 nitrogen and oxygen atoms in total. The molecule has 2 aliphatic heterocycles. The van der Waals surface area contributed by atoms with Crippen molar-refractivity contribution in [1.82, 2.24) is 24.8 Å². The number of piperazine rings is 1. The van der Waals surface area contributed by atoms with E-state index in [4.69, 9.17) is 20.3 Å². The third kappa shape index (κ3) is 4.50. The van der Waals surface area contributed by atoms with Gasteiger partial charge in [-0.2, -0.15) is 5.10 Å². The first-order valence-electron chi connectivity index (χ1n) is 12.5. The van der Waals surface area contributed by atoms with Gasteiger partial charge in [0, 0.05) is 55.7 Å². The van der Waals surface area contributed by atoms with Gasteiger partial charge in [0.1, 0.15) is 17.6 Å². The summed E-state index contributed by atoms with van der Waals surface area (Å²) in [5, 5.41) is 8.32. The molecule has 0 amide bonds. The van der Waals surface area contributed by atoms with Crippen molar-refractivity contribution in [3.05, 3.63) is 46.4 Å². The molecular weight excluding hydrogens is 460 g/mol. The molecule has 1 fully saturated rings. The van der Waals surface area contributed by atoms with E-state index in [0.717, 1.165) is 62.7 Å². The second-order valence-electron chi connectivity index (χ2n) is 9.54. The van der Waals surface area contributed by atoms with Crippen LogP contribution in [0.25, 0.3) is 5.52 Å². The third-order valence-corrected chi connectivity index (χ3v) is 8.67. The Hall–Kier alpha value is -2.33. The van der Waals surface area contributed by atoms with Crippen LogP contribution in [0.4, 0.5) is 5.82 Å². The quantitative estimate of drug-likeness (QED) is 0.454. The number of methoxy groups -OCH3 is 1. The number of hydrogen-bond donors (Lipinski definition) is 2. The zero-order chi connectivity index (χ0) is 24.5. The first kappa shape index (κ1) is 24.4. The minimum atomic E-state index is 0.168. The van der Waals surface area contributed by atoms with Gasteiger partial charge in [-0.05, 0) is 36.5 Å². The van der Waals surface area contributed by atoms with Crippen LogP contribution in [0.15, 0.2) is 23.4 Å². The highest BCUT2D eigenvalue weighted by Crippen LogP contribution is 2.59. The Kier molecular flexibility index (Phi) is 7.20. The van der Waals surface area contributed by atoms with E-state index in [-0.39, 0.29) is 11.2 Å². The van der Waals surface area contributed by atoms with E-state index in [1.54, 1.807) is 13.4 Å². The predicted octanol–water partition coefficient (Wildman–Crippen LogP) is 3.91. The van der Waals surface area contributed by atoms with Gasteiger partial charge in [-0.1, -0.05) is 19.9 Å². The fraction of sp³-hybridized carbons (Fsp3) is 0.538. The van der Waals surface area contributed by atoms with Gasteiger partial charge >= 0.3 is 0 Å². The van der Waals surface area contributed by atoms with Crippen LogP contribution in [0.3, 0.4) is 0 Å². The van der Waals surface area contributed by atoms with Crippen LogP contribution < -0.4 is 15.8 Å². The number of benzene rings is 1. The number of ether oxygens (including phenoxy) is 2. The lowest BCUT2D eigenvalue weighted by atomic mass is 9.90. The summed E-state index contributed by atoms with van der Waals surface area (Å²) in [6, 6.07) is 4.42. The van der Waals surface area contributed by atoms with E-state index in [1.807, 2.05) is 16.3 Å². The molecule has 2 unspecified atom stereocenters. The fourth-order valence-electron chi connectivity index (χ4n) is 5.36. The molecule has 35 heavy (non-hydrogen) atoms. The summed E-state index contributed by atoms with van der Waals surface area (Å²) in [7, 11) is 1.75. The summed E-state index contributed by atoms with van der Waals surface area (Å²) in [6.07, 6.45) is 2.55. The van der Waals surface area contributed by atoms with Crippen molar-refractivity contribution in [2.75, 3.05) is 45.6 Å². The maximum atomic E-state index is 6.56. The summed E-state index contributed by atoms with van der Waals surface area (Å²) in [5.41, 5.74) is 13.6. The van der Waals surface area contributed by atoms with Gasteiger partial charge in [-0.25, -0.2) is 9.50 Å². The van der Waals surface area contributed by atoms with E-state index in [2.05, 4.69) is 48.1 Å². The standard InChI is InChI=1S/C26H36N6O2S/c1-5-10-34-14-19-20(13-31-8-6-28-7-9-31)32-23(26(27)29-15-30-32)22(19)24-17(3)18-11-16(2)12-21(33-4)25(18)35-24/h11-12,15,17,24,28H,5-10,13-14H2,1-4H3,(H2,27,29,30). The number of hydrogen-bond acceptors (Lipinski definition) is 8. The van der Waals surface area contributed by atoms with Crippen molar-refractivity contribution in [2.45, 2.75) is 56.4 Å². The molecule has 0 aliphatic carbocycles. The van der Waals surface area contributed by atoms with Gasteiger partial charge in [0.2, 0.25) is 0 Å². The Balaban J connectivity index is 1.66. The van der Waals surface area contributed by atoms with Crippen LogP contribution in [0.2, 0.25) is 0 Å². The van der Waals surface area contributed by atoms with Gasteiger partial charge in [0.25, 0.3) is 0 Å². The highest BCUT2D eigenvalue weighted by atomic mass is 32.2. The Morgan fingerprint density at radius 3 is 2.80 bits per heavy atom. The molecule has 3 N–H and O–H groups in total. The van der Waals surface area contributed by atoms with Gasteiger partial charge in [-0.15, -0.1) is 11.8 Å². The van der Waals surface area contributed by atoms with Gasteiger partial charge in [0.05, 0.1) is 24.3 Å². The molecule has 2 aliphatic rings. The normalized spacial score (nSPS) is 20.5. The van der Waals surface area contributed by atoms with E-state index in [9.17, 15) is 0 Å². The summed E-state index contributed by atoms with van der Waals surface area (Å²) in [5.74, 6) is 1.74. The summed E-state index contributed by atoms with van der Waals surface area (Å²) < 4.78 is 14.0. The van der Waals surface area contributed by atoms with Gasteiger partial charge < -0.3 is 20.5 Å². The molecule has 1 aromatic carbocycles. The van der Waals surface area contributed by atoms with Gasteiger partial charge in [0.15, 0.2) is 5.82 Å². The average Bonchev–Trinajstić information content (AvgIpc) is 3.35. The third-order valence-electron chi connectivity index (χ3n) is 7.10. The number of anilines is 1. The molecule has 2 aromatic heterocycles. The molecule has 0 spiro atoms. The number of nitrogen functional groups attached to an aromatic ring is 1. The molecular formula is C26H36N6O2S. The first-order chi connectivity index (χ1) is 17.0. The van der Waals surface area contributed by atoms with Crippen LogP contribution in [0.1, 0.15) is 59.4 Å². The van der Waals surface area contributed by atoms with Crippen molar-refractivity contribution < 1.29 is 9.47 Å². The SMILES string of the molecule is CCCOCc1c(C2Sc3c(OC)cc(C)cc3C2C)c2c(N)ncnn2c1CN1CCNCC1. The van der Waals surface area contributed by atoms with Gasteiger partial charge in [-0.3, -0.25) is 4.90 Å². The summed E-state index contributed by atoms with van der Waals surface area (Å²) in [6.45, 7) is 12.7. The number of nitrogens with one attached hydrogen (secondary N) is 1. The zero-order valence-electron chi connectivity index (χ0n) is 21.1. The molecule has 0 radical (unpaired) electrons. The van der Waals surface area contributed by atoms with Crippen LogP contribution in [-0.4, -0.2) is 59.4 Å². The number of aromatic nitrogens is 3. The smallest absolute Gasteiger partial charge is 0.151 e. The number of nitrogens with zero attached hydrogens (tertiary/aromatic N) is 4. The topological polar surface area (TPSA) is 89.9 Å². The van der Waals surface area contributed by atoms with E-state index in [1.165, 1.54) is 27.1 Å². The van der Waals surface area contributed by atoms with Crippen LogP contribution in [0, 0.1) is 6.92 Å². The van der Waals surface area contributed by atoms with Crippen molar-refractivity contribution in [3.63, 3.8) is 0 Å². The van der Waals surface area contributed by atoms with Crippen LogP contribution >= 0.6 is 11.8 Å². The number of fused-ring (bicyclic) bond motifs is 2. The van der Waals surface area contributed by atoms with Crippen molar-refractivity contribution in [1.29, 1.82) is 0 Å². The first-order valence-corrected chi connectivity index (χ1v) is 13.4. The van der Waals surface area contributed by atoms with Crippen molar-refractivity contribution >= 4 is 23.1 Å². The van der Waals surface area contributed by atoms with E-state index >= 15 is 0 Å². The van der Waals surface area contributed by atoms with Crippen LogP contribution in [0.5, 0.6) is 5.75 Å². The molecule has 0 bridgehead atoms.